The molecule has 0 atom stereocenters. The summed E-state index contributed by atoms with van der Waals surface area (Å²) in [5, 5.41) is 2.95. The smallest absolute Gasteiger partial charge is 0.278 e. The zero-order valence-electron chi connectivity index (χ0n) is 17.3. The molecule has 5 rings (SSSR count). The van der Waals surface area contributed by atoms with Crippen LogP contribution < -0.4 is 10.9 Å². The van der Waals surface area contributed by atoms with Crippen LogP contribution in [0.1, 0.15) is 5.56 Å². The van der Waals surface area contributed by atoms with E-state index in [-0.39, 0.29) is 23.3 Å². The number of anilines is 1. The summed E-state index contributed by atoms with van der Waals surface area (Å²) in [4.78, 5) is 30.6. The standard InChI is InChI=1S/C25H18F2N4O2/c26-17-10-11-21-18(12-17)23-24(25(33)30(15-28-23)13-16-6-2-1-3-7-16)31(21)14-22(32)29-20-9-5-4-8-19(20)27/h1-12,15H,13-14H2,(H,29,32). The minimum absolute atomic E-state index is 0.0360. The maximum absolute atomic E-state index is 14.0. The van der Waals surface area contributed by atoms with Gasteiger partial charge in [-0.3, -0.25) is 14.2 Å². The number of aromatic nitrogens is 3. The summed E-state index contributed by atoms with van der Waals surface area (Å²) in [6.45, 7) is 0.0200. The Morgan fingerprint density at radius 1 is 0.970 bits per heavy atom. The number of fused-ring (bicyclic) bond motifs is 3. The van der Waals surface area contributed by atoms with Gasteiger partial charge in [0.25, 0.3) is 5.56 Å². The van der Waals surface area contributed by atoms with Crippen molar-refractivity contribution in [3.05, 3.63) is 107 Å². The summed E-state index contributed by atoms with van der Waals surface area (Å²) in [5.41, 5.74) is 1.55. The molecular weight excluding hydrogens is 426 g/mol. The fourth-order valence-electron chi connectivity index (χ4n) is 3.93. The van der Waals surface area contributed by atoms with Gasteiger partial charge in [-0.2, -0.15) is 0 Å². The molecular formula is C25H18F2N4O2. The van der Waals surface area contributed by atoms with Gasteiger partial charge in [-0.1, -0.05) is 42.5 Å². The Balaban J connectivity index is 1.62. The highest BCUT2D eigenvalue weighted by atomic mass is 19.1. The molecule has 0 aliphatic heterocycles. The molecule has 3 aromatic carbocycles. The number of para-hydroxylation sites is 1. The average molecular weight is 444 g/mol. The van der Waals surface area contributed by atoms with E-state index in [9.17, 15) is 18.4 Å². The topological polar surface area (TPSA) is 68.9 Å². The van der Waals surface area contributed by atoms with Crippen molar-refractivity contribution in [2.45, 2.75) is 13.1 Å². The molecule has 0 aliphatic rings. The highest BCUT2D eigenvalue weighted by Crippen LogP contribution is 2.26. The second-order valence-electron chi connectivity index (χ2n) is 7.64. The van der Waals surface area contributed by atoms with E-state index in [4.69, 9.17) is 0 Å². The molecule has 33 heavy (non-hydrogen) atoms. The third-order valence-corrected chi connectivity index (χ3v) is 5.43. The van der Waals surface area contributed by atoms with Crippen molar-refractivity contribution in [2.75, 3.05) is 5.32 Å². The zero-order valence-corrected chi connectivity index (χ0v) is 17.3. The number of nitrogens with zero attached hydrogens (tertiary/aromatic N) is 3. The molecule has 6 nitrogen and oxygen atoms in total. The SMILES string of the molecule is O=C(Cn1c2ccc(F)cc2c2ncn(Cc3ccccc3)c(=O)c21)Nc1ccccc1F. The lowest BCUT2D eigenvalue weighted by Crippen LogP contribution is -2.25. The molecule has 0 unspecified atom stereocenters. The first kappa shape index (κ1) is 20.6. The first-order valence-corrected chi connectivity index (χ1v) is 10.3. The maximum atomic E-state index is 14.0. The summed E-state index contributed by atoms with van der Waals surface area (Å²) in [6.07, 6.45) is 1.42. The predicted molar refractivity (Wildman–Crippen MR) is 122 cm³/mol. The van der Waals surface area contributed by atoms with Gasteiger partial charge in [0.15, 0.2) is 0 Å². The summed E-state index contributed by atoms with van der Waals surface area (Å²) < 4.78 is 30.9. The van der Waals surface area contributed by atoms with Crippen molar-refractivity contribution in [3.63, 3.8) is 0 Å². The number of benzene rings is 3. The molecule has 0 bridgehead atoms. The third kappa shape index (κ3) is 3.87. The van der Waals surface area contributed by atoms with Crippen LogP contribution in [0, 0.1) is 11.6 Å². The van der Waals surface area contributed by atoms with Gasteiger partial charge in [-0.25, -0.2) is 13.8 Å². The molecule has 1 N–H and O–H groups in total. The molecule has 0 aliphatic carbocycles. The van der Waals surface area contributed by atoms with Crippen molar-refractivity contribution >= 4 is 33.5 Å². The summed E-state index contributed by atoms with van der Waals surface area (Å²) >= 11 is 0. The Morgan fingerprint density at radius 3 is 2.52 bits per heavy atom. The Labute approximate surface area is 186 Å². The largest absolute Gasteiger partial charge is 0.325 e. The van der Waals surface area contributed by atoms with Gasteiger partial charge in [-0.15, -0.1) is 0 Å². The minimum Gasteiger partial charge on any atom is -0.325 e. The van der Waals surface area contributed by atoms with Gasteiger partial charge in [0.1, 0.15) is 29.2 Å². The Kier molecular flexibility index (Phi) is 5.18. The Bertz CT molecular complexity index is 1560. The third-order valence-electron chi connectivity index (χ3n) is 5.43. The van der Waals surface area contributed by atoms with Gasteiger partial charge >= 0.3 is 0 Å². The van der Waals surface area contributed by atoms with Crippen LogP contribution in [0.5, 0.6) is 0 Å². The van der Waals surface area contributed by atoms with Crippen LogP contribution in [0.15, 0.2) is 83.9 Å². The van der Waals surface area contributed by atoms with Crippen LogP contribution in [0.25, 0.3) is 21.9 Å². The molecule has 2 aromatic heterocycles. The zero-order chi connectivity index (χ0) is 22.9. The van der Waals surface area contributed by atoms with Crippen molar-refractivity contribution < 1.29 is 13.6 Å². The van der Waals surface area contributed by atoms with E-state index >= 15 is 0 Å². The normalized spacial score (nSPS) is 11.2. The van der Waals surface area contributed by atoms with Gasteiger partial charge in [-0.05, 0) is 35.9 Å². The van der Waals surface area contributed by atoms with Crippen molar-refractivity contribution in [2.24, 2.45) is 0 Å². The van der Waals surface area contributed by atoms with E-state index in [0.717, 1.165) is 5.56 Å². The van der Waals surface area contributed by atoms with E-state index in [0.29, 0.717) is 23.0 Å². The lowest BCUT2D eigenvalue weighted by atomic mass is 10.2. The molecule has 1 amide bonds. The molecule has 164 valence electrons. The number of hydrogen-bond acceptors (Lipinski definition) is 3. The average Bonchev–Trinajstić information content (AvgIpc) is 3.11. The minimum atomic E-state index is -0.568. The molecule has 0 saturated carbocycles. The molecule has 8 heteroatoms. The molecule has 0 fully saturated rings. The monoisotopic (exact) mass is 444 g/mol. The Morgan fingerprint density at radius 2 is 1.73 bits per heavy atom. The van der Waals surface area contributed by atoms with E-state index in [1.165, 1.54) is 51.9 Å². The van der Waals surface area contributed by atoms with Crippen LogP contribution in [0.3, 0.4) is 0 Å². The number of hydrogen-bond donors (Lipinski definition) is 1. The fourth-order valence-corrected chi connectivity index (χ4v) is 3.93. The molecule has 0 saturated heterocycles. The van der Waals surface area contributed by atoms with Gasteiger partial charge in [0.05, 0.1) is 24.1 Å². The van der Waals surface area contributed by atoms with Crippen molar-refractivity contribution in [1.82, 2.24) is 14.1 Å². The number of nitrogens with one attached hydrogen (secondary N) is 1. The lowest BCUT2D eigenvalue weighted by molar-refractivity contribution is -0.116. The summed E-state index contributed by atoms with van der Waals surface area (Å²) in [6, 6.07) is 19.3. The number of carbonyl (C=O) groups excluding carboxylic acids is 1. The number of halogens is 2. The summed E-state index contributed by atoms with van der Waals surface area (Å²) in [5.74, 6) is -1.57. The lowest BCUT2D eigenvalue weighted by Gasteiger charge is -2.10. The van der Waals surface area contributed by atoms with Crippen LogP contribution >= 0.6 is 0 Å². The molecule has 0 radical (unpaired) electrons. The fraction of sp³-hybridized carbons (Fsp3) is 0.0800. The molecule has 5 aromatic rings. The van der Waals surface area contributed by atoms with Crippen LogP contribution in [-0.4, -0.2) is 20.0 Å². The predicted octanol–water partition coefficient (Wildman–Crippen LogP) is 4.32. The second kappa shape index (κ2) is 8.31. The van der Waals surface area contributed by atoms with Gasteiger partial charge in [0, 0.05) is 5.39 Å². The van der Waals surface area contributed by atoms with Gasteiger partial charge < -0.3 is 9.88 Å². The van der Waals surface area contributed by atoms with Gasteiger partial charge in [0.2, 0.25) is 5.91 Å². The molecule has 0 spiro atoms. The highest BCUT2D eigenvalue weighted by molar-refractivity contribution is 6.06. The molecule has 2 heterocycles. The van der Waals surface area contributed by atoms with Crippen LogP contribution in [0.2, 0.25) is 0 Å². The first-order valence-electron chi connectivity index (χ1n) is 10.3. The van der Waals surface area contributed by atoms with E-state index < -0.39 is 17.5 Å². The first-order chi connectivity index (χ1) is 16.0. The summed E-state index contributed by atoms with van der Waals surface area (Å²) in [7, 11) is 0. The van der Waals surface area contributed by atoms with E-state index in [1.807, 2.05) is 30.3 Å². The number of rotatable bonds is 5. The van der Waals surface area contributed by atoms with E-state index in [2.05, 4.69) is 10.3 Å². The quantitative estimate of drug-likeness (QED) is 0.439. The van der Waals surface area contributed by atoms with Crippen molar-refractivity contribution in [3.8, 4) is 0 Å². The van der Waals surface area contributed by atoms with Crippen LogP contribution in [-0.2, 0) is 17.9 Å². The van der Waals surface area contributed by atoms with Crippen molar-refractivity contribution in [1.29, 1.82) is 0 Å². The number of amides is 1. The van der Waals surface area contributed by atoms with Crippen LogP contribution in [0.4, 0.5) is 14.5 Å². The van der Waals surface area contributed by atoms with E-state index in [1.54, 1.807) is 6.07 Å². The second-order valence-corrected chi connectivity index (χ2v) is 7.64. The Hall–Kier alpha value is -4.33. The maximum Gasteiger partial charge on any atom is 0.278 e. The highest BCUT2D eigenvalue weighted by Gasteiger charge is 2.19. The number of carbonyl (C=O) groups is 1.